The van der Waals surface area contributed by atoms with Crippen molar-refractivity contribution in [2.75, 3.05) is 32.7 Å². The molecular formula is C18H23ClN4OS. The number of nitrogens with zero attached hydrogens (tertiary/aromatic N) is 3. The van der Waals surface area contributed by atoms with Crippen molar-refractivity contribution in [2.45, 2.75) is 19.4 Å². The first-order valence-electron chi connectivity index (χ1n) is 8.51. The Hall–Kier alpha value is -1.47. The second kappa shape index (κ2) is 8.27. The van der Waals surface area contributed by atoms with E-state index in [0.29, 0.717) is 18.3 Å². The number of benzene rings is 1. The molecule has 5 nitrogen and oxygen atoms in total. The number of hydrogen-bond donors (Lipinski definition) is 1. The molecule has 0 spiro atoms. The topological polar surface area (TPSA) is 62.5 Å². The van der Waals surface area contributed by atoms with Gasteiger partial charge in [-0.3, -0.25) is 9.69 Å². The fourth-order valence-electron chi connectivity index (χ4n) is 3.07. The van der Waals surface area contributed by atoms with Gasteiger partial charge in [0.1, 0.15) is 5.69 Å². The van der Waals surface area contributed by atoms with Crippen LogP contribution >= 0.6 is 22.9 Å². The van der Waals surface area contributed by atoms with Gasteiger partial charge in [0.25, 0.3) is 5.91 Å². The first kappa shape index (κ1) is 18.3. The monoisotopic (exact) mass is 378 g/mol. The zero-order valence-corrected chi connectivity index (χ0v) is 15.9. The van der Waals surface area contributed by atoms with Gasteiger partial charge >= 0.3 is 0 Å². The Morgan fingerprint density at radius 1 is 1.28 bits per heavy atom. The molecule has 1 aliphatic heterocycles. The number of hydrogen-bond acceptors (Lipinski definition) is 5. The van der Waals surface area contributed by atoms with Crippen molar-refractivity contribution in [3.8, 4) is 0 Å². The van der Waals surface area contributed by atoms with E-state index in [0.717, 1.165) is 42.6 Å². The van der Waals surface area contributed by atoms with Crippen LogP contribution in [0.4, 0.5) is 0 Å². The van der Waals surface area contributed by atoms with Crippen LogP contribution in [0.5, 0.6) is 0 Å². The highest BCUT2D eigenvalue weighted by molar-refractivity contribution is 7.09. The summed E-state index contributed by atoms with van der Waals surface area (Å²) >= 11 is 7.48. The molecule has 0 aliphatic carbocycles. The lowest BCUT2D eigenvalue weighted by Crippen LogP contribution is -2.49. The molecule has 1 unspecified atom stereocenters. The van der Waals surface area contributed by atoms with E-state index in [1.165, 1.54) is 16.9 Å². The summed E-state index contributed by atoms with van der Waals surface area (Å²) in [7, 11) is 0. The Kier molecular flexibility index (Phi) is 6.06. The van der Waals surface area contributed by atoms with Gasteiger partial charge in [0.15, 0.2) is 0 Å². The van der Waals surface area contributed by atoms with Gasteiger partial charge in [-0.15, -0.1) is 11.3 Å². The molecule has 2 N–H and O–H groups in total. The van der Waals surface area contributed by atoms with Gasteiger partial charge in [-0.2, -0.15) is 0 Å². The quantitative estimate of drug-likeness (QED) is 0.869. The molecule has 1 aliphatic rings. The van der Waals surface area contributed by atoms with Gasteiger partial charge in [-0.05, 0) is 31.2 Å². The van der Waals surface area contributed by atoms with Gasteiger partial charge in [0.05, 0.1) is 5.01 Å². The Labute approximate surface area is 157 Å². The fourth-order valence-corrected chi connectivity index (χ4v) is 3.99. The maximum atomic E-state index is 12.6. The summed E-state index contributed by atoms with van der Waals surface area (Å²) in [6.45, 7) is 5.91. The maximum absolute atomic E-state index is 12.6. The van der Waals surface area contributed by atoms with Crippen LogP contribution < -0.4 is 5.73 Å². The Morgan fingerprint density at radius 2 is 1.96 bits per heavy atom. The molecule has 1 aromatic heterocycles. The summed E-state index contributed by atoms with van der Waals surface area (Å²) in [5, 5.41) is 3.53. The van der Waals surface area contributed by atoms with Crippen LogP contribution in [0.2, 0.25) is 5.02 Å². The van der Waals surface area contributed by atoms with Crippen molar-refractivity contribution in [3.05, 3.63) is 50.9 Å². The first-order chi connectivity index (χ1) is 12.1. The molecule has 1 fully saturated rings. The van der Waals surface area contributed by atoms with Crippen molar-refractivity contribution in [1.82, 2.24) is 14.8 Å². The summed E-state index contributed by atoms with van der Waals surface area (Å²) in [6.07, 6.45) is 0.727. The van der Waals surface area contributed by atoms with Crippen molar-refractivity contribution in [1.29, 1.82) is 0 Å². The van der Waals surface area contributed by atoms with E-state index in [9.17, 15) is 4.79 Å². The van der Waals surface area contributed by atoms with Crippen LogP contribution in [0, 0.1) is 0 Å². The molecule has 2 aromatic rings. The molecular weight excluding hydrogens is 356 g/mol. The van der Waals surface area contributed by atoms with Crippen molar-refractivity contribution in [2.24, 2.45) is 5.73 Å². The number of thiazole rings is 1. The van der Waals surface area contributed by atoms with Crippen LogP contribution in [0.3, 0.4) is 0 Å². The number of carbonyl (C=O) groups excluding carboxylic acids is 1. The van der Waals surface area contributed by atoms with Crippen LogP contribution in [-0.4, -0.2) is 53.4 Å². The fraction of sp³-hybridized carbons (Fsp3) is 0.444. The standard InChI is InChI=1S/C18H23ClN4OS/c1-13(14-2-4-15(19)5-3-14)22-8-10-23(11-9-22)18(24)16-12-25-17(21-16)6-7-20/h2-5,12-13H,6-11,20H2,1H3. The van der Waals surface area contributed by atoms with E-state index < -0.39 is 0 Å². The van der Waals surface area contributed by atoms with Gasteiger partial charge in [0, 0.05) is 49.0 Å². The minimum atomic E-state index is 0.0262. The second-order valence-corrected chi connectivity index (χ2v) is 7.60. The Balaban J connectivity index is 1.57. The number of amides is 1. The lowest BCUT2D eigenvalue weighted by atomic mass is 10.1. The molecule has 0 bridgehead atoms. The third-order valence-electron chi connectivity index (χ3n) is 4.63. The molecule has 1 saturated heterocycles. The highest BCUT2D eigenvalue weighted by Gasteiger charge is 2.26. The number of rotatable bonds is 5. The summed E-state index contributed by atoms with van der Waals surface area (Å²) in [4.78, 5) is 21.3. The molecule has 0 radical (unpaired) electrons. The molecule has 1 aromatic carbocycles. The van der Waals surface area contributed by atoms with Gasteiger partial charge in [0.2, 0.25) is 0 Å². The van der Waals surface area contributed by atoms with E-state index in [-0.39, 0.29) is 5.91 Å². The highest BCUT2D eigenvalue weighted by atomic mass is 35.5. The van der Waals surface area contributed by atoms with E-state index in [1.54, 1.807) is 0 Å². The van der Waals surface area contributed by atoms with Crippen LogP contribution in [0.25, 0.3) is 0 Å². The Bertz CT molecular complexity index is 710. The molecule has 2 heterocycles. The van der Waals surface area contributed by atoms with Crippen molar-refractivity contribution < 1.29 is 4.79 Å². The van der Waals surface area contributed by atoms with E-state index >= 15 is 0 Å². The van der Waals surface area contributed by atoms with Gasteiger partial charge in [-0.1, -0.05) is 23.7 Å². The van der Waals surface area contributed by atoms with E-state index in [4.69, 9.17) is 17.3 Å². The predicted octanol–water partition coefficient (Wildman–Crippen LogP) is 2.82. The first-order valence-corrected chi connectivity index (χ1v) is 9.77. The van der Waals surface area contributed by atoms with Crippen LogP contribution in [-0.2, 0) is 6.42 Å². The minimum Gasteiger partial charge on any atom is -0.335 e. The molecule has 25 heavy (non-hydrogen) atoms. The average molecular weight is 379 g/mol. The maximum Gasteiger partial charge on any atom is 0.273 e. The van der Waals surface area contributed by atoms with Gasteiger partial charge in [-0.25, -0.2) is 4.98 Å². The zero-order chi connectivity index (χ0) is 17.8. The molecule has 1 amide bonds. The number of halogens is 1. The van der Waals surface area contributed by atoms with E-state index in [1.807, 2.05) is 22.4 Å². The summed E-state index contributed by atoms with van der Waals surface area (Å²) < 4.78 is 0. The second-order valence-electron chi connectivity index (χ2n) is 6.22. The van der Waals surface area contributed by atoms with E-state index in [2.05, 4.69) is 28.9 Å². The van der Waals surface area contributed by atoms with Crippen molar-refractivity contribution in [3.63, 3.8) is 0 Å². The molecule has 134 valence electrons. The molecule has 1 atom stereocenters. The highest BCUT2D eigenvalue weighted by Crippen LogP contribution is 2.23. The number of piperazine rings is 1. The van der Waals surface area contributed by atoms with Crippen LogP contribution in [0.1, 0.15) is 34.0 Å². The summed E-state index contributed by atoms with van der Waals surface area (Å²) in [6, 6.07) is 8.30. The molecule has 3 rings (SSSR count). The summed E-state index contributed by atoms with van der Waals surface area (Å²) in [5.74, 6) is 0.0262. The molecule has 7 heteroatoms. The Morgan fingerprint density at radius 3 is 2.60 bits per heavy atom. The van der Waals surface area contributed by atoms with Gasteiger partial charge < -0.3 is 10.6 Å². The van der Waals surface area contributed by atoms with Crippen molar-refractivity contribution >= 4 is 28.8 Å². The number of aromatic nitrogens is 1. The molecule has 0 saturated carbocycles. The SMILES string of the molecule is CC(c1ccc(Cl)cc1)N1CCN(C(=O)c2csc(CCN)n2)CC1. The zero-order valence-electron chi connectivity index (χ0n) is 14.3. The minimum absolute atomic E-state index is 0.0262. The third kappa shape index (κ3) is 4.39. The number of carbonyl (C=O) groups is 1. The normalized spacial score (nSPS) is 16.8. The number of nitrogens with two attached hydrogens (primary N) is 1. The van der Waals surface area contributed by atoms with Crippen LogP contribution in [0.15, 0.2) is 29.6 Å². The lowest BCUT2D eigenvalue weighted by molar-refractivity contribution is 0.0577. The summed E-state index contributed by atoms with van der Waals surface area (Å²) in [5.41, 5.74) is 7.34. The predicted molar refractivity (Wildman–Crippen MR) is 102 cm³/mol. The third-order valence-corrected chi connectivity index (χ3v) is 5.79. The largest absolute Gasteiger partial charge is 0.335 e. The smallest absolute Gasteiger partial charge is 0.273 e. The average Bonchev–Trinajstić information content (AvgIpc) is 3.10. The lowest BCUT2D eigenvalue weighted by Gasteiger charge is -2.38.